The number of hydrogen-bond acceptors (Lipinski definition) is 4. The van der Waals surface area contributed by atoms with Crippen molar-refractivity contribution >= 4 is 27.8 Å². The van der Waals surface area contributed by atoms with Gasteiger partial charge in [-0.1, -0.05) is 27.2 Å². The fourth-order valence-corrected chi connectivity index (χ4v) is 2.46. The van der Waals surface area contributed by atoms with Crippen LogP contribution in [0, 0.1) is 12.3 Å². The van der Waals surface area contributed by atoms with Crippen molar-refractivity contribution in [2.24, 2.45) is 5.41 Å². The number of hydrogen-bond donors (Lipinski definition) is 2. The molecule has 128 valence electrons. The molecule has 0 fully saturated rings. The Hall–Kier alpha value is -2.22. The van der Waals surface area contributed by atoms with E-state index in [0.29, 0.717) is 12.1 Å². The van der Waals surface area contributed by atoms with E-state index >= 15 is 0 Å². The number of halogens is 1. The molecule has 0 saturated carbocycles. The fraction of sp³-hybridized carbons (Fsp3) is 0.375. The number of nitrogens with one attached hydrogen (secondary N) is 1. The minimum atomic E-state index is -0.895. The van der Waals surface area contributed by atoms with Crippen LogP contribution in [0.2, 0.25) is 0 Å². The number of nitrogens with zero attached hydrogens (tertiary/aromatic N) is 3. The number of carbonyl (C=O) groups is 2. The molecule has 2 rings (SSSR count). The zero-order chi connectivity index (χ0) is 17.9. The minimum Gasteiger partial charge on any atom is -0.481 e. The number of rotatable bonds is 6. The highest BCUT2D eigenvalue weighted by atomic mass is 79.9. The first kappa shape index (κ1) is 18.1. The third kappa shape index (κ3) is 4.00. The molecule has 2 aromatic rings. The molecule has 1 amide bonds. The summed E-state index contributed by atoms with van der Waals surface area (Å²) >= 11 is 3.40. The number of aliphatic carboxylic acids is 1. The molecule has 1 aromatic carbocycles. The second kappa shape index (κ2) is 7.12. The van der Waals surface area contributed by atoms with Gasteiger partial charge in [0.15, 0.2) is 5.69 Å². The van der Waals surface area contributed by atoms with E-state index in [2.05, 4.69) is 31.6 Å². The standard InChI is InChI=1S/C16H19BrN4O3/c1-10-13(14(22)18-8-7-16(2,3)15(23)24)19-20-21(10)12-6-4-5-11(17)9-12/h4-6,9H,7-8H2,1-3H3,(H,18,22)(H,23,24). The first-order chi connectivity index (χ1) is 11.2. The molecule has 0 bridgehead atoms. The van der Waals surface area contributed by atoms with E-state index in [1.54, 1.807) is 25.5 Å². The smallest absolute Gasteiger partial charge is 0.309 e. The SMILES string of the molecule is Cc1c(C(=O)NCCC(C)(C)C(=O)O)nnn1-c1cccc(Br)c1. The summed E-state index contributed by atoms with van der Waals surface area (Å²) in [7, 11) is 0. The van der Waals surface area contributed by atoms with Crippen molar-refractivity contribution in [3.63, 3.8) is 0 Å². The lowest BCUT2D eigenvalue weighted by Gasteiger charge is -2.18. The third-order valence-corrected chi connectivity index (χ3v) is 4.27. The predicted octanol–water partition coefficient (Wildman–Crippen LogP) is 2.57. The Kier molecular flexibility index (Phi) is 5.38. The molecule has 0 spiro atoms. The van der Waals surface area contributed by atoms with Crippen LogP contribution in [0.4, 0.5) is 0 Å². The number of carboxylic acids is 1. The summed E-state index contributed by atoms with van der Waals surface area (Å²) < 4.78 is 2.48. The molecule has 0 saturated heterocycles. The monoisotopic (exact) mass is 394 g/mol. The van der Waals surface area contributed by atoms with Crippen molar-refractivity contribution in [1.82, 2.24) is 20.3 Å². The van der Waals surface area contributed by atoms with Gasteiger partial charge in [0.25, 0.3) is 5.91 Å². The van der Waals surface area contributed by atoms with Crippen molar-refractivity contribution in [1.29, 1.82) is 0 Å². The van der Waals surface area contributed by atoms with Crippen LogP contribution >= 0.6 is 15.9 Å². The van der Waals surface area contributed by atoms with E-state index in [1.165, 1.54) is 0 Å². The van der Waals surface area contributed by atoms with Gasteiger partial charge in [0.05, 0.1) is 16.8 Å². The van der Waals surface area contributed by atoms with Gasteiger partial charge in [0.2, 0.25) is 0 Å². The van der Waals surface area contributed by atoms with Gasteiger partial charge in [-0.25, -0.2) is 4.68 Å². The Morgan fingerprint density at radius 2 is 2.08 bits per heavy atom. The molecule has 0 aliphatic carbocycles. The summed E-state index contributed by atoms with van der Waals surface area (Å²) in [6, 6.07) is 7.50. The Morgan fingerprint density at radius 1 is 1.38 bits per heavy atom. The summed E-state index contributed by atoms with van der Waals surface area (Å²) in [5.41, 5.74) is 0.739. The average Bonchev–Trinajstić information content (AvgIpc) is 2.88. The number of benzene rings is 1. The number of carboxylic acid groups (broad SMARTS) is 1. The zero-order valence-electron chi connectivity index (χ0n) is 13.7. The van der Waals surface area contributed by atoms with Crippen molar-refractivity contribution < 1.29 is 14.7 Å². The Balaban J connectivity index is 2.08. The normalized spacial score (nSPS) is 11.3. The van der Waals surface area contributed by atoms with Crippen LogP contribution in [-0.2, 0) is 4.79 Å². The highest BCUT2D eigenvalue weighted by Crippen LogP contribution is 2.20. The molecule has 7 nitrogen and oxygen atoms in total. The molecule has 0 atom stereocenters. The molecule has 1 heterocycles. The summed E-state index contributed by atoms with van der Waals surface area (Å²) in [6.07, 6.45) is 0.326. The van der Waals surface area contributed by atoms with Crippen LogP contribution in [0.1, 0.15) is 36.5 Å². The lowest BCUT2D eigenvalue weighted by atomic mass is 9.90. The highest BCUT2D eigenvalue weighted by molar-refractivity contribution is 9.10. The van der Waals surface area contributed by atoms with Gasteiger partial charge >= 0.3 is 5.97 Å². The van der Waals surface area contributed by atoms with Crippen LogP contribution in [0.15, 0.2) is 28.7 Å². The molecule has 0 radical (unpaired) electrons. The summed E-state index contributed by atoms with van der Waals surface area (Å²) in [6.45, 7) is 5.25. The Labute approximate surface area is 148 Å². The van der Waals surface area contributed by atoms with Gasteiger partial charge in [-0.15, -0.1) is 5.10 Å². The topological polar surface area (TPSA) is 97.1 Å². The molecule has 1 aromatic heterocycles. The van der Waals surface area contributed by atoms with Crippen LogP contribution in [0.5, 0.6) is 0 Å². The highest BCUT2D eigenvalue weighted by Gasteiger charge is 2.27. The van der Waals surface area contributed by atoms with Crippen molar-refractivity contribution in [3.05, 3.63) is 40.1 Å². The Bertz CT molecular complexity index is 770. The molecular weight excluding hydrogens is 376 g/mol. The summed E-state index contributed by atoms with van der Waals surface area (Å²) in [4.78, 5) is 23.3. The van der Waals surface area contributed by atoms with Crippen molar-refractivity contribution in [2.75, 3.05) is 6.54 Å². The molecule has 24 heavy (non-hydrogen) atoms. The molecule has 8 heteroatoms. The van der Waals surface area contributed by atoms with E-state index < -0.39 is 11.4 Å². The second-order valence-corrected chi connectivity index (χ2v) is 7.03. The number of carbonyl (C=O) groups excluding carboxylic acids is 1. The first-order valence-electron chi connectivity index (χ1n) is 7.42. The number of aromatic nitrogens is 3. The van der Waals surface area contributed by atoms with Crippen LogP contribution in [-0.4, -0.2) is 38.5 Å². The van der Waals surface area contributed by atoms with Crippen LogP contribution in [0.3, 0.4) is 0 Å². The van der Waals surface area contributed by atoms with Gasteiger partial charge in [-0.2, -0.15) is 0 Å². The van der Waals surface area contributed by atoms with Crippen molar-refractivity contribution in [3.8, 4) is 5.69 Å². The zero-order valence-corrected chi connectivity index (χ0v) is 15.3. The minimum absolute atomic E-state index is 0.225. The average molecular weight is 395 g/mol. The summed E-state index contributed by atoms with van der Waals surface area (Å²) in [5.74, 6) is -1.26. The molecule has 2 N–H and O–H groups in total. The second-order valence-electron chi connectivity index (χ2n) is 6.11. The van der Waals surface area contributed by atoms with Gasteiger partial charge in [0.1, 0.15) is 0 Å². The lowest BCUT2D eigenvalue weighted by Crippen LogP contribution is -2.32. The van der Waals surface area contributed by atoms with E-state index in [9.17, 15) is 9.59 Å². The maximum absolute atomic E-state index is 12.2. The molecular formula is C16H19BrN4O3. The maximum atomic E-state index is 12.2. The van der Waals surface area contributed by atoms with Gasteiger partial charge in [0, 0.05) is 11.0 Å². The lowest BCUT2D eigenvalue weighted by molar-refractivity contribution is -0.147. The third-order valence-electron chi connectivity index (χ3n) is 3.78. The van der Waals surface area contributed by atoms with Gasteiger partial charge in [-0.3, -0.25) is 9.59 Å². The molecule has 0 unspecified atom stereocenters. The fourth-order valence-electron chi connectivity index (χ4n) is 2.07. The largest absolute Gasteiger partial charge is 0.481 e. The number of amides is 1. The van der Waals surface area contributed by atoms with E-state index in [0.717, 1.165) is 10.2 Å². The molecule has 0 aliphatic rings. The van der Waals surface area contributed by atoms with E-state index in [4.69, 9.17) is 5.11 Å². The predicted molar refractivity (Wildman–Crippen MR) is 92.2 cm³/mol. The maximum Gasteiger partial charge on any atom is 0.309 e. The van der Waals surface area contributed by atoms with Crippen molar-refractivity contribution in [2.45, 2.75) is 27.2 Å². The van der Waals surface area contributed by atoms with Crippen LogP contribution in [0.25, 0.3) is 5.69 Å². The van der Waals surface area contributed by atoms with Gasteiger partial charge in [-0.05, 0) is 45.4 Å². The van der Waals surface area contributed by atoms with Gasteiger partial charge < -0.3 is 10.4 Å². The van der Waals surface area contributed by atoms with E-state index in [1.807, 2.05) is 24.3 Å². The Morgan fingerprint density at radius 3 is 2.71 bits per heavy atom. The quantitative estimate of drug-likeness (QED) is 0.784. The van der Waals surface area contributed by atoms with Crippen LogP contribution < -0.4 is 5.32 Å². The summed E-state index contributed by atoms with van der Waals surface area (Å²) in [5, 5.41) is 19.7. The van der Waals surface area contributed by atoms with E-state index in [-0.39, 0.29) is 18.1 Å². The molecule has 0 aliphatic heterocycles. The first-order valence-corrected chi connectivity index (χ1v) is 8.21.